The Morgan fingerprint density at radius 1 is 1.33 bits per heavy atom. The first-order chi connectivity index (χ1) is 8.86. The maximum Gasteiger partial charge on any atom is 0.112 e. The van der Waals surface area contributed by atoms with Crippen LogP contribution in [0.25, 0.3) is 0 Å². The van der Waals surface area contributed by atoms with Crippen molar-refractivity contribution in [2.45, 2.75) is 44.6 Å². The quantitative estimate of drug-likeness (QED) is 0.871. The monoisotopic (exact) mass is 249 g/mol. The topological polar surface area (TPSA) is 39.1 Å². The largest absolute Gasteiger partial charge is 0.381 e. The number of piperidine rings is 1. The van der Waals surface area contributed by atoms with Gasteiger partial charge in [-0.1, -0.05) is 0 Å². The van der Waals surface area contributed by atoms with Gasteiger partial charge in [0.15, 0.2) is 0 Å². The van der Waals surface area contributed by atoms with E-state index >= 15 is 0 Å². The van der Waals surface area contributed by atoms with Crippen LogP contribution in [0.1, 0.15) is 49.2 Å². The van der Waals surface area contributed by atoms with Crippen molar-refractivity contribution < 1.29 is 4.74 Å². The normalized spacial score (nSPS) is 26.4. The van der Waals surface area contributed by atoms with Crippen LogP contribution in [-0.4, -0.2) is 35.9 Å². The molecule has 0 bridgehead atoms. The molecule has 0 saturated carbocycles. The number of rotatable bonds is 2. The summed E-state index contributed by atoms with van der Waals surface area (Å²) < 4.78 is 7.95. The van der Waals surface area contributed by atoms with Crippen LogP contribution in [0.4, 0.5) is 0 Å². The lowest BCUT2D eigenvalue weighted by molar-refractivity contribution is 0.0822. The molecule has 3 rings (SSSR count). The predicted octanol–water partition coefficient (Wildman–Crippen LogP) is 2.01. The summed E-state index contributed by atoms with van der Waals surface area (Å²) in [4.78, 5) is 4.69. The molecule has 100 valence electrons. The van der Waals surface area contributed by atoms with E-state index in [9.17, 15) is 0 Å². The molecule has 0 amide bonds. The number of hydrogen-bond donors (Lipinski definition) is 1. The van der Waals surface area contributed by atoms with Crippen LogP contribution in [0.15, 0.2) is 6.20 Å². The molecule has 0 aliphatic carbocycles. The molecule has 1 aromatic rings. The molecule has 2 fully saturated rings. The molecular formula is C14H23N3O. The van der Waals surface area contributed by atoms with Gasteiger partial charge in [0, 0.05) is 43.6 Å². The second-order valence-corrected chi connectivity index (χ2v) is 5.51. The van der Waals surface area contributed by atoms with Gasteiger partial charge in [0.1, 0.15) is 5.82 Å². The molecule has 0 radical (unpaired) electrons. The molecule has 2 aliphatic rings. The Morgan fingerprint density at radius 2 is 2.17 bits per heavy atom. The van der Waals surface area contributed by atoms with E-state index in [0.29, 0.717) is 12.0 Å². The van der Waals surface area contributed by atoms with Crippen LogP contribution in [0.5, 0.6) is 0 Å². The van der Waals surface area contributed by atoms with E-state index < -0.39 is 0 Å². The highest BCUT2D eigenvalue weighted by Gasteiger charge is 2.25. The number of nitrogens with zero attached hydrogens (tertiary/aromatic N) is 2. The van der Waals surface area contributed by atoms with E-state index in [2.05, 4.69) is 16.8 Å². The lowest BCUT2D eigenvalue weighted by atomic mass is 9.98. The van der Waals surface area contributed by atoms with Crippen molar-refractivity contribution >= 4 is 0 Å². The summed E-state index contributed by atoms with van der Waals surface area (Å²) in [5.41, 5.74) is 1.31. The van der Waals surface area contributed by atoms with Crippen molar-refractivity contribution in [1.82, 2.24) is 14.9 Å². The Hall–Kier alpha value is -0.870. The van der Waals surface area contributed by atoms with E-state index in [1.165, 1.54) is 24.4 Å². The summed E-state index contributed by atoms with van der Waals surface area (Å²) in [6.07, 6.45) is 6.84. The van der Waals surface area contributed by atoms with E-state index in [-0.39, 0.29) is 0 Å². The lowest BCUT2D eigenvalue weighted by Gasteiger charge is -2.30. The van der Waals surface area contributed by atoms with Crippen molar-refractivity contribution in [3.8, 4) is 0 Å². The number of ether oxygens (including phenoxy) is 1. The third-order valence-corrected chi connectivity index (χ3v) is 4.23. The molecular weight excluding hydrogens is 226 g/mol. The van der Waals surface area contributed by atoms with Gasteiger partial charge in [-0.05, 0) is 39.2 Å². The Kier molecular flexibility index (Phi) is 3.66. The maximum atomic E-state index is 5.46. The summed E-state index contributed by atoms with van der Waals surface area (Å²) in [7, 11) is 0. The van der Waals surface area contributed by atoms with Gasteiger partial charge in [-0.25, -0.2) is 4.98 Å². The van der Waals surface area contributed by atoms with Crippen LogP contribution in [-0.2, 0) is 4.74 Å². The Labute approximate surface area is 109 Å². The molecule has 0 unspecified atom stereocenters. The minimum Gasteiger partial charge on any atom is -0.381 e. The standard InChI is InChI=1S/C14H23N3O/c1-11-9-16-14(12-4-7-18-8-5-12)17(11)13-3-2-6-15-10-13/h9,12-13,15H,2-8,10H2,1H3/t13-/m1/s1. The highest BCUT2D eigenvalue weighted by molar-refractivity contribution is 5.11. The fourth-order valence-electron chi connectivity index (χ4n) is 3.25. The van der Waals surface area contributed by atoms with Gasteiger partial charge < -0.3 is 14.6 Å². The van der Waals surface area contributed by atoms with E-state index in [1.54, 1.807) is 0 Å². The second-order valence-electron chi connectivity index (χ2n) is 5.51. The van der Waals surface area contributed by atoms with Gasteiger partial charge in [0.05, 0.1) is 0 Å². The van der Waals surface area contributed by atoms with Crippen molar-refractivity contribution in [1.29, 1.82) is 0 Å². The van der Waals surface area contributed by atoms with E-state index in [4.69, 9.17) is 9.72 Å². The third-order valence-electron chi connectivity index (χ3n) is 4.23. The van der Waals surface area contributed by atoms with Crippen LogP contribution in [0.3, 0.4) is 0 Å². The first kappa shape index (κ1) is 12.2. The fraction of sp³-hybridized carbons (Fsp3) is 0.786. The maximum absolute atomic E-state index is 5.46. The first-order valence-corrected chi connectivity index (χ1v) is 7.18. The van der Waals surface area contributed by atoms with Gasteiger partial charge in [-0.15, -0.1) is 0 Å². The van der Waals surface area contributed by atoms with Crippen LogP contribution < -0.4 is 5.32 Å². The zero-order chi connectivity index (χ0) is 12.4. The predicted molar refractivity (Wildman–Crippen MR) is 70.9 cm³/mol. The Bertz CT molecular complexity index is 390. The number of nitrogens with one attached hydrogen (secondary N) is 1. The van der Waals surface area contributed by atoms with Gasteiger partial charge in [-0.2, -0.15) is 0 Å². The summed E-state index contributed by atoms with van der Waals surface area (Å²) in [6.45, 7) is 6.22. The van der Waals surface area contributed by atoms with E-state index in [0.717, 1.165) is 39.1 Å². The molecule has 1 aromatic heterocycles. The lowest BCUT2D eigenvalue weighted by Crippen LogP contribution is -2.33. The van der Waals surface area contributed by atoms with Crippen LogP contribution in [0, 0.1) is 6.92 Å². The summed E-state index contributed by atoms with van der Waals surface area (Å²) in [6, 6.07) is 0.596. The number of aryl methyl sites for hydroxylation is 1. The van der Waals surface area contributed by atoms with E-state index in [1.807, 2.05) is 6.20 Å². The van der Waals surface area contributed by atoms with Crippen molar-refractivity contribution in [2.75, 3.05) is 26.3 Å². The van der Waals surface area contributed by atoms with Crippen LogP contribution in [0.2, 0.25) is 0 Å². The minimum absolute atomic E-state index is 0.592. The molecule has 2 aliphatic heterocycles. The molecule has 4 heteroatoms. The molecule has 0 spiro atoms. The van der Waals surface area contributed by atoms with Crippen LogP contribution >= 0.6 is 0 Å². The summed E-state index contributed by atoms with van der Waals surface area (Å²) in [5.74, 6) is 1.89. The molecule has 2 saturated heterocycles. The molecule has 18 heavy (non-hydrogen) atoms. The third kappa shape index (κ3) is 2.31. The zero-order valence-electron chi connectivity index (χ0n) is 11.2. The molecule has 3 heterocycles. The number of aromatic nitrogens is 2. The zero-order valence-corrected chi connectivity index (χ0v) is 11.2. The summed E-state index contributed by atoms with van der Waals surface area (Å²) >= 11 is 0. The average molecular weight is 249 g/mol. The SMILES string of the molecule is Cc1cnc(C2CCOCC2)n1[C@@H]1CCCNC1. The van der Waals surface area contributed by atoms with Gasteiger partial charge in [0.25, 0.3) is 0 Å². The minimum atomic E-state index is 0.592. The number of imidazole rings is 1. The highest BCUT2D eigenvalue weighted by atomic mass is 16.5. The van der Waals surface area contributed by atoms with Gasteiger partial charge in [0.2, 0.25) is 0 Å². The Morgan fingerprint density at radius 3 is 2.89 bits per heavy atom. The molecule has 4 nitrogen and oxygen atoms in total. The second kappa shape index (κ2) is 5.41. The molecule has 1 atom stereocenters. The van der Waals surface area contributed by atoms with Gasteiger partial charge >= 0.3 is 0 Å². The smallest absolute Gasteiger partial charge is 0.112 e. The molecule has 0 aromatic carbocycles. The van der Waals surface area contributed by atoms with Crippen molar-refractivity contribution in [3.05, 3.63) is 17.7 Å². The summed E-state index contributed by atoms with van der Waals surface area (Å²) in [5, 5.41) is 3.51. The molecule has 1 N–H and O–H groups in total. The first-order valence-electron chi connectivity index (χ1n) is 7.18. The number of hydrogen-bond acceptors (Lipinski definition) is 3. The fourth-order valence-corrected chi connectivity index (χ4v) is 3.25. The Balaban J connectivity index is 1.85. The highest BCUT2D eigenvalue weighted by Crippen LogP contribution is 2.30. The van der Waals surface area contributed by atoms with Crippen molar-refractivity contribution in [3.63, 3.8) is 0 Å². The van der Waals surface area contributed by atoms with Gasteiger partial charge in [-0.3, -0.25) is 0 Å². The average Bonchev–Trinajstić information content (AvgIpc) is 2.83. The van der Waals surface area contributed by atoms with Crippen molar-refractivity contribution in [2.24, 2.45) is 0 Å².